The second kappa shape index (κ2) is 5.59. The van der Waals surface area contributed by atoms with Crippen molar-refractivity contribution in [1.29, 1.82) is 0 Å². The third-order valence-electron chi connectivity index (χ3n) is 3.36. The number of methoxy groups -OCH3 is 2. The molecule has 0 spiro atoms. The zero-order valence-corrected chi connectivity index (χ0v) is 11.4. The lowest BCUT2D eigenvalue weighted by Gasteiger charge is -2.30. The van der Waals surface area contributed by atoms with Crippen LogP contribution in [0.3, 0.4) is 0 Å². The van der Waals surface area contributed by atoms with Gasteiger partial charge in [-0.3, -0.25) is 0 Å². The summed E-state index contributed by atoms with van der Waals surface area (Å²) in [5, 5.41) is 3.42. The highest BCUT2D eigenvalue weighted by atomic mass is 16.5. The molecule has 2 unspecified atom stereocenters. The number of hydrogen-bond acceptors (Lipinski definition) is 4. The van der Waals surface area contributed by atoms with E-state index in [4.69, 9.17) is 14.2 Å². The normalized spacial score (nSPS) is 23.8. The van der Waals surface area contributed by atoms with E-state index in [2.05, 4.69) is 12.2 Å². The van der Waals surface area contributed by atoms with E-state index in [9.17, 15) is 0 Å². The number of benzene rings is 1. The minimum absolute atomic E-state index is 0.0424. The summed E-state index contributed by atoms with van der Waals surface area (Å²) in [4.78, 5) is 0. The Hall–Kier alpha value is -1.26. The third-order valence-corrected chi connectivity index (χ3v) is 3.36. The van der Waals surface area contributed by atoms with Crippen LogP contribution < -0.4 is 14.8 Å². The second-order valence-corrected chi connectivity index (χ2v) is 4.65. The van der Waals surface area contributed by atoms with E-state index in [-0.39, 0.29) is 6.10 Å². The van der Waals surface area contributed by atoms with Gasteiger partial charge in [0.1, 0.15) is 11.5 Å². The molecule has 1 heterocycles. The lowest BCUT2D eigenvalue weighted by molar-refractivity contribution is 0.00565. The molecule has 1 aromatic carbocycles. The van der Waals surface area contributed by atoms with Gasteiger partial charge < -0.3 is 19.5 Å². The first-order valence-corrected chi connectivity index (χ1v) is 6.23. The van der Waals surface area contributed by atoms with Crippen molar-refractivity contribution in [3.63, 3.8) is 0 Å². The molecule has 0 aliphatic carbocycles. The van der Waals surface area contributed by atoms with Crippen LogP contribution in [0, 0.1) is 6.92 Å². The van der Waals surface area contributed by atoms with Gasteiger partial charge in [-0.05, 0) is 26.0 Å². The van der Waals surface area contributed by atoms with E-state index < -0.39 is 0 Å². The van der Waals surface area contributed by atoms with E-state index in [0.29, 0.717) is 6.04 Å². The second-order valence-electron chi connectivity index (χ2n) is 4.65. The summed E-state index contributed by atoms with van der Waals surface area (Å²) in [7, 11) is 3.35. The molecule has 1 aliphatic heterocycles. The number of hydrogen-bond donors (Lipinski definition) is 1. The zero-order chi connectivity index (χ0) is 13.1. The predicted molar refractivity (Wildman–Crippen MR) is 70.4 cm³/mol. The van der Waals surface area contributed by atoms with E-state index in [1.54, 1.807) is 14.2 Å². The molecule has 18 heavy (non-hydrogen) atoms. The van der Waals surface area contributed by atoms with E-state index >= 15 is 0 Å². The van der Waals surface area contributed by atoms with Gasteiger partial charge in [-0.25, -0.2) is 0 Å². The molecular formula is C14H21NO3. The molecule has 0 bridgehead atoms. The van der Waals surface area contributed by atoms with Gasteiger partial charge in [0.15, 0.2) is 0 Å². The lowest BCUT2D eigenvalue weighted by atomic mass is 10.0. The molecule has 1 saturated heterocycles. The largest absolute Gasteiger partial charge is 0.496 e. The van der Waals surface area contributed by atoms with Crippen molar-refractivity contribution in [2.45, 2.75) is 26.0 Å². The van der Waals surface area contributed by atoms with Crippen LogP contribution in [0.1, 0.15) is 24.2 Å². The van der Waals surface area contributed by atoms with Crippen LogP contribution in [-0.4, -0.2) is 33.4 Å². The maximum atomic E-state index is 5.86. The quantitative estimate of drug-likeness (QED) is 0.892. The van der Waals surface area contributed by atoms with Gasteiger partial charge in [0.2, 0.25) is 0 Å². The average Bonchev–Trinajstić information content (AvgIpc) is 2.39. The molecule has 2 atom stereocenters. The Kier molecular flexibility index (Phi) is 4.09. The molecular weight excluding hydrogens is 230 g/mol. The van der Waals surface area contributed by atoms with Crippen molar-refractivity contribution >= 4 is 0 Å². The smallest absolute Gasteiger partial charge is 0.131 e. The Balaban J connectivity index is 2.30. The van der Waals surface area contributed by atoms with E-state index in [0.717, 1.165) is 35.8 Å². The summed E-state index contributed by atoms with van der Waals surface area (Å²) >= 11 is 0. The molecule has 100 valence electrons. The Morgan fingerprint density at radius 1 is 1.28 bits per heavy atom. The number of morpholine rings is 1. The molecule has 1 aromatic rings. The molecule has 4 heteroatoms. The van der Waals surface area contributed by atoms with Crippen LogP contribution in [0.25, 0.3) is 0 Å². The number of rotatable bonds is 3. The van der Waals surface area contributed by atoms with Gasteiger partial charge in [0.25, 0.3) is 0 Å². The fourth-order valence-electron chi connectivity index (χ4n) is 2.33. The topological polar surface area (TPSA) is 39.7 Å². The molecule has 0 amide bonds. The molecule has 2 rings (SSSR count). The van der Waals surface area contributed by atoms with Gasteiger partial charge in [-0.15, -0.1) is 0 Å². The van der Waals surface area contributed by atoms with Crippen molar-refractivity contribution in [2.75, 3.05) is 27.4 Å². The fourth-order valence-corrected chi connectivity index (χ4v) is 2.33. The first-order valence-electron chi connectivity index (χ1n) is 6.23. The van der Waals surface area contributed by atoms with Gasteiger partial charge in [-0.1, -0.05) is 0 Å². The summed E-state index contributed by atoms with van der Waals surface area (Å²) < 4.78 is 16.7. The summed E-state index contributed by atoms with van der Waals surface area (Å²) in [6.45, 7) is 5.65. The number of nitrogens with one attached hydrogen (secondary N) is 1. The lowest BCUT2D eigenvalue weighted by Crippen LogP contribution is -2.40. The standard InChI is InChI=1S/C14H21NO3/c1-9-8-18-13(7-15-9)11-5-6-12(16-3)10(2)14(11)17-4/h5-6,9,13,15H,7-8H2,1-4H3. The predicted octanol–water partition coefficient (Wildman–Crippen LogP) is 2.06. The van der Waals surface area contributed by atoms with E-state index in [1.165, 1.54) is 0 Å². The Morgan fingerprint density at radius 2 is 2.06 bits per heavy atom. The summed E-state index contributed by atoms with van der Waals surface area (Å²) in [6.07, 6.45) is 0.0424. The first-order chi connectivity index (χ1) is 8.67. The maximum absolute atomic E-state index is 5.86. The molecule has 1 aliphatic rings. The summed E-state index contributed by atoms with van der Waals surface area (Å²) in [5.74, 6) is 1.70. The van der Waals surface area contributed by atoms with Crippen molar-refractivity contribution in [3.8, 4) is 11.5 Å². The molecule has 0 aromatic heterocycles. The van der Waals surface area contributed by atoms with Crippen LogP contribution in [0.4, 0.5) is 0 Å². The van der Waals surface area contributed by atoms with Crippen molar-refractivity contribution in [2.24, 2.45) is 0 Å². The third kappa shape index (κ3) is 2.44. The Bertz CT molecular complexity index is 412. The molecule has 0 radical (unpaired) electrons. The molecule has 0 saturated carbocycles. The average molecular weight is 251 g/mol. The highest BCUT2D eigenvalue weighted by molar-refractivity contribution is 5.50. The summed E-state index contributed by atoms with van der Waals surface area (Å²) in [6, 6.07) is 4.40. The Morgan fingerprint density at radius 3 is 2.61 bits per heavy atom. The highest BCUT2D eigenvalue weighted by Crippen LogP contribution is 2.36. The minimum atomic E-state index is 0.0424. The SMILES string of the molecule is COc1ccc(C2CNC(C)CO2)c(OC)c1C. The fraction of sp³-hybridized carbons (Fsp3) is 0.571. The van der Waals surface area contributed by atoms with Crippen molar-refractivity contribution < 1.29 is 14.2 Å². The molecule has 1 fully saturated rings. The molecule has 1 N–H and O–H groups in total. The molecule has 4 nitrogen and oxygen atoms in total. The van der Waals surface area contributed by atoms with Gasteiger partial charge >= 0.3 is 0 Å². The monoisotopic (exact) mass is 251 g/mol. The van der Waals surface area contributed by atoms with Crippen LogP contribution in [0.5, 0.6) is 11.5 Å². The van der Waals surface area contributed by atoms with Gasteiger partial charge in [-0.2, -0.15) is 0 Å². The van der Waals surface area contributed by atoms with Crippen LogP contribution >= 0.6 is 0 Å². The highest BCUT2D eigenvalue weighted by Gasteiger charge is 2.24. The van der Waals surface area contributed by atoms with E-state index in [1.807, 2.05) is 19.1 Å². The Labute approximate surface area is 108 Å². The van der Waals surface area contributed by atoms with Crippen LogP contribution in [-0.2, 0) is 4.74 Å². The first kappa shape index (κ1) is 13.2. The number of ether oxygens (including phenoxy) is 3. The van der Waals surface area contributed by atoms with Gasteiger partial charge in [0.05, 0.1) is 26.9 Å². The van der Waals surface area contributed by atoms with Crippen molar-refractivity contribution in [1.82, 2.24) is 5.32 Å². The van der Waals surface area contributed by atoms with Crippen molar-refractivity contribution in [3.05, 3.63) is 23.3 Å². The zero-order valence-electron chi connectivity index (χ0n) is 11.4. The van der Waals surface area contributed by atoms with Gasteiger partial charge in [0, 0.05) is 23.7 Å². The summed E-state index contributed by atoms with van der Waals surface area (Å²) in [5.41, 5.74) is 2.09. The van der Waals surface area contributed by atoms with Crippen LogP contribution in [0.2, 0.25) is 0 Å². The van der Waals surface area contributed by atoms with Crippen LogP contribution in [0.15, 0.2) is 12.1 Å². The maximum Gasteiger partial charge on any atom is 0.131 e. The minimum Gasteiger partial charge on any atom is -0.496 e.